The number of thiocarbonyl (C=S) groups is 1. The van der Waals surface area contributed by atoms with E-state index < -0.39 is 11.8 Å². The molecule has 2 fully saturated rings. The number of benzene rings is 1. The lowest BCUT2D eigenvalue weighted by atomic mass is 10.1. The number of amides is 2. The zero-order valence-electron chi connectivity index (χ0n) is 17.8. The summed E-state index contributed by atoms with van der Waals surface area (Å²) in [5.41, 5.74) is 3.44. The maximum absolute atomic E-state index is 13.3. The van der Waals surface area contributed by atoms with Crippen molar-refractivity contribution in [1.82, 2.24) is 9.88 Å². The molecule has 3 heterocycles. The second-order valence-electron chi connectivity index (χ2n) is 7.73. The van der Waals surface area contributed by atoms with Crippen molar-refractivity contribution < 1.29 is 19.1 Å². The molecule has 31 heavy (non-hydrogen) atoms. The number of carbonyl (C=O) groups excluding carboxylic acids is 2. The molecule has 0 aliphatic carbocycles. The summed E-state index contributed by atoms with van der Waals surface area (Å²) in [5.74, 6) is -0.378. The van der Waals surface area contributed by atoms with Crippen molar-refractivity contribution in [3.63, 3.8) is 0 Å². The number of aryl methyl sites for hydroxylation is 1. The number of nitrogens with one attached hydrogen (secondary N) is 1. The van der Waals surface area contributed by atoms with E-state index in [0.717, 1.165) is 42.9 Å². The van der Waals surface area contributed by atoms with E-state index in [1.165, 1.54) is 4.90 Å². The first-order chi connectivity index (χ1) is 14.9. The minimum absolute atomic E-state index is 0.0359. The molecule has 162 valence electrons. The van der Waals surface area contributed by atoms with Crippen LogP contribution < -0.4 is 15.0 Å². The van der Waals surface area contributed by atoms with Gasteiger partial charge in [-0.1, -0.05) is 6.07 Å². The van der Waals surface area contributed by atoms with Crippen LogP contribution in [0.4, 0.5) is 5.69 Å². The van der Waals surface area contributed by atoms with Gasteiger partial charge >= 0.3 is 0 Å². The summed E-state index contributed by atoms with van der Waals surface area (Å²) in [4.78, 5) is 27.2. The summed E-state index contributed by atoms with van der Waals surface area (Å²) in [6.07, 6.45) is 3.96. The van der Waals surface area contributed by atoms with Crippen LogP contribution >= 0.6 is 12.2 Å². The average Bonchev–Trinajstić information content (AvgIpc) is 3.35. The third-order valence-electron chi connectivity index (χ3n) is 5.74. The number of nitrogens with zero attached hydrogens (tertiary/aromatic N) is 2. The average molecular weight is 440 g/mol. The van der Waals surface area contributed by atoms with Gasteiger partial charge in [-0.2, -0.15) is 0 Å². The van der Waals surface area contributed by atoms with Crippen molar-refractivity contribution in [3.8, 4) is 5.75 Å². The van der Waals surface area contributed by atoms with Gasteiger partial charge in [0.1, 0.15) is 11.3 Å². The smallest absolute Gasteiger partial charge is 0.270 e. The fourth-order valence-electron chi connectivity index (χ4n) is 4.04. The highest BCUT2D eigenvalue weighted by Gasteiger charge is 2.35. The molecule has 2 amide bonds. The molecule has 2 aromatic rings. The second-order valence-corrected chi connectivity index (χ2v) is 8.12. The number of rotatable bonds is 5. The Morgan fingerprint density at radius 1 is 1.29 bits per heavy atom. The first kappa shape index (κ1) is 21.3. The van der Waals surface area contributed by atoms with Crippen LogP contribution in [0.1, 0.15) is 29.8 Å². The fraction of sp³-hybridized carbons (Fsp3) is 0.348. The van der Waals surface area contributed by atoms with Gasteiger partial charge < -0.3 is 14.0 Å². The summed E-state index contributed by atoms with van der Waals surface area (Å²) in [6, 6.07) is 8.98. The second kappa shape index (κ2) is 8.64. The molecular weight excluding hydrogens is 414 g/mol. The van der Waals surface area contributed by atoms with Crippen LogP contribution in [0.2, 0.25) is 0 Å². The lowest BCUT2D eigenvalue weighted by Crippen LogP contribution is -2.54. The highest BCUT2D eigenvalue weighted by atomic mass is 32.1. The molecule has 1 N–H and O–H groups in total. The van der Waals surface area contributed by atoms with E-state index >= 15 is 0 Å². The van der Waals surface area contributed by atoms with E-state index in [1.807, 2.05) is 19.9 Å². The Labute approximate surface area is 186 Å². The van der Waals surface area contributed by atoms with E-state index in [0.29, 0.717) is 11.4 Å². The molecule has 1 aromatic carbocycles. The Bertz CT molecular complexity index is 1080. The summed E-state index contributed by atoms with van der Waals surface area (Å²) < 4.78 is 13.2. The SMILES string of the molecule is COc1cccc(N2C(=O)/C(=C/c3cc(C)n(C[C@@H]4CCCO4)c3C)C(=O)NC2=S)c1. The minimum Gasteiger partial charge on any atom is -0.497 e. The Hall–Kier alpha value is -2.97. The lowest BCUT2D eigenvalue weighted by Gasteiger charge is -2.29. The third-order valence-corrected chi connectivity index (χ3v) is 6.02. The summed E-state index contributed by atoms with van der Waals surface area (Å²) >= 11 is 5.28. The topological polar surface area (TPSA) is 72.8 Å². The summed E-state index contributed by atoms with van der Waals surface area (Å²) in [7, 11) is 1.55. The van der Waals surface area contributed by atoms with Crippen LogP contribution in [0.3, 0.4) is 0 Å². The van der Waals surface area contributed by atoms with Gasteiger partial charge in [-0.25, -0.2) is 0 Å². The van der Waals surface area contributed by atoms with Gasteiger partial charge in [0.2, 0.25) is 0 Å². The molecule has 0 unspecified atom stereocenters. The summed E-state index contributed by atoms with van der Waals surface area (Å²) in [6.45, 7) is 5.57. The lowest BCUT2D eigenvalue weighted by molar-refractivity contribution is -0.122. The number of carbonyl (C=O) groups is 2. The van der Waals surface area contributed by atoms with E-state index in [4.69, 9.17) is 21.7 Å². The Morgan fingerprint density at radius 3 is 2.81 bits per heavy atom. The van der Waals surface area contributed by atoms with E-state index in [-0.39, 0.29) is 16.8 Å². The molecule has 1 aromatic heterocycles. The zero-order chi connectivity index (χ0) is 22.1. The molecule has 2 aliphatic heterocycles. The highest BCUT2D eigenvalue weighted by molar-refractivity contribution is 7.80. The normalized spacial score (nSPS) is 20.5. The number of methoxy groups -OCH3 is 1. The molecule has 0 bridgehead atoms. The van der Waals surface area contributed by atoms with Crippen molar-refractivity contribution in [2.75, 3.05) is 18.6 Å². The van der Waals surface area contributed by atoms with Gasteiger partial charge in [-0.3, -0.25) is 19.8 Å². The Kier molecular flexibility index (Phi) is 5.93. The van der Waals surface area contributed by atoms with Gasteiger partial charge in [0, 0.05) is 30.6 Å². The molecule has 2 aliphatic rings. The quantitative estimate of drug-likeness (QED) is 0.440. The van der Waals surface area contributed by atoms with Crippen molar-refractivity contribution in [3.05, 3.63) is 52.9 Å². The van der Waals surface area contributed by atoms with Crippen LogP contribution in [-0.4, -0.2) is 41.3 Å². The van der Waals surface area contributed by atoms with Crippen LogP contribution in [0.25, 0.3) is 6.08 Å². The first-order valence-electron chi connectivity index (χ1n) is 10.2. The van der Waals surface area contributed by atoms with E-state index in [1.54, 1.807) is 37.5 Å². The number of anilines is 1. The highest BCUT2D eigenvalue weighted by Crippen LogP contribution is 2.27. The predicted molar refractivity (Wildman–Crippen MR) is 122 cm³/mol. The van der Waals surface area contributed by atoms with Crippen LogP contribution in [0.5, 0.6) is 5.75 Å². The van der Waals surface area contributed by atoms with Gasteiger partial charge in [0.15, 0.2) is 5.11 Å². The van der Waals surface area contributed by atoms with Gasteiger partial charge in [0.25, 0.3) is 11.8 Å². The first-order valence-corrected chi connectivity index (χ1v) is 10.6. The number of ether oxygens (including phenoxy) is 2. The van der Waals surface area contributed by atoms with Gasteiger partial charge in [-0.05, 0) is 68.7 Å². The Morgan fingerprint density at radius 2 is 2.10 bits per heavy atom. The van der Waals surface area contributed by atoms with Crippen molar-refractivity contribution in [1.29, 1.82) is 0 Å². The number of hydrogen-bond donors (Lipinski definition) is 1. The zero-order valence-corrected chi connectivity index (χ0v) is 18.6. The maximum Gasteiger partial charge on any atom is 0.270 e. The molecule has 4 rings (SSSR count). The van der Waals surface area contributed by atoms with Crippen molar-refractivity contribution in [2.45, 2.75) is 39.3 Å². The molecular formula is C23H25N3O4S. The van der Waals surface area contributed by atoms with Crippen molar-refractivity contribution in [2.24, 2.45) is 0 Å². The van der Waals surface area contributed by atoms with E-state index in [2.05, 4.69) is 9.88 Å². The van der Waals surface area contributed by atoms with Gasteiger partial charge in [0.05, 0.1) is 18.9 Å². The van der Waals surface area contributed by atoms with Crippen LogP contribution in [0, 0.1) is 13.8 Å². The fourth-order valence-corrected chi connectivity index (χ4v) is 4.32. The largest absolute Gasteiger partial charge is 0.497 e. The molecule has 0 spiro atoms. The molecule has 0 radical (unpaired) electrons. The summed E-state index contributed by atoms with van der Waals surface area (Å²) in [5, 5.41) is 2.67. The predicted octanol–water partition coefficient (Wildman–Crippen LogP) is 3.12. The minimum atomic E-state index is -0.502. The van der Waals surface area contributed by atoms with Crippen LogP contribution in [-0.2, 0) is 20.9 Å². The molecule has 8 heteroatoms. The number of aromatic nitrogens is 1. The molecule has 7 nitrogen and oxygen atoms in total. The van der Waals surface area contributed by atoms with Crippen LogP contribution in [0.15, 0.2) is 35.9 Å². The Balaban J connectivity index is 1.67. The monoisotopic (exact) mass is 439 g/mol. The number of hydrogen-bond acceptors (Lipinski definition) is 5. The van der Waals surface area contributed by atoms with Gasteiger partial charge in [-0.15, -0.1) is 0 Å². The molecule has 2 saturated heterocycles. The molecule has 0 saturated carbocycles. The van der Waals surface area contributed by atoms with E-state index in [9.17, 15) is 9.59 Å². The maximum atomic E-state index is 13.3. The van der Waals surface area contributed by atoms with Crippen molar-refractivity contribution >= 4 is 40.9 Å². The third kappa shape index (κ3) is 4.13. The molecule has 1 atom stereocenters. The standard InChI is InChI=1S/C23H25N3O4S/c1-14-10-16(15(2)25(14)13-19-8-5-9-30-19)11-20-21(27)24-23(31)26(22(20)28)17-6-4-7-18(12-17)29-3/h4,6-7,10-12,19H,5,8-9,13H2,1-3H3,(H,24,27,31)/b20-11+/t19-/m0/s1.